The molecule has 0 aromatic heterocycles. The lowest BCUT2D eigenvalue weighted by molar-refractivity contribution is -0.125. The Hall–Kier alpha value is -0.610. The van der Waals surface area contributed by atoms with E-state index in [4.69, 9.17) is 10.5 Å². The molecule has 0 aromatic carbocycles. The molecule has 106 valence electrons. The van der Waals surface area contributed by atoms with Gasteiger partial charge in [-0.15, -0.1) is 0 Å². The molecule has 1 unspecified atom stereocenters. The smallest absolute Gasteiger partial charge is 0.239 e. The van der Waals surface area contributed by atoms with E-state index >= 15 is 0 Å². The van der Waals surface area contributed by atoms with Crippen molar-refractivity contribution in [3.63, 3.8) is 0 Å². The summed E-state index contributed by atoms with van der Waals surface area (Å²) in [5, 5.41) is 2.89. The molecule has 1 saturated carbocycles. The van der Waals surface area contributed by atoms with E-state index in [1.54, 1.807) is 13.8 Å². The van der Waals surface area contributed by atoms with E-state index in [-0.39, 0.29) is 5.91 Å². The van der Waals surface area contributed by atoms with E-state index in [2.05, 4.69) is 5.32 Å². The van der Waals surface area contributed by atoms with E-state index in [1.807, 2.05) is 6.92 Å². The highest BCUT2D eigenvalue weighted by atomic mass is 16.5. The zero-order valence-corrected chi connectivity index (χ0v) is 12.0. The number of rotatable bonds is 7. The van der Waals surface area contributed by atoms with Crippen molar-refractivity contribution in [2.45, 2.75) is 64.5 Å². The fourth-order valence-electron chi connectivity index (χ4n) is 2.55. The van der Waals surface area contributed by atoms with Crippen LogP contribution in [0.25, 0.3) is 0 Å². The minimum atomic E-state index is -0.797. The number of carbonyl (C=O) groups is 1. The molecule has 1 atom stereocenters. The van der Waals surface area contributed by atoms with Crippen LogP contribution in [0.3, 0.4) is 0 Å². The molecule has 0 saturated heterocycles. The highest BCUT2D eigenvalue weighted by molar-refractivity contribution is 5.84. The first-order chi connectivity index (χ1) is 8.45. The molecular weight excluding hydrogens is 228 g/mol. The molecule has 4 nitrogen and oxygen atoms in total. The third-order valence-electron chi connectivity index (χ3n) is 3.61. The molecule has 0 aliphatic heterocycles. The number of nitrogens with one attached hydrogen (secondary N) is 1. The molecular formula is C14H28N2O2. The van der Waals surface area contributed by atoms with E-state index in [1.165, 1.54) is 25.7 Å². The first-order valence-corrected chi connectivity index (χ1v) is 7.14. The van der Waals surface area contributed by atoms with Crippen molar-refractivity contribution in [3.05, 3.63) is 0 Å². The fourth-order valence-corrected chi connectivity index (χ4v) is 2.55. The van der Waals surface area contributed by atoms with Crippen molar-refractivity contribution in [2.75, 3.05) is 13.2 Å². The van der Waals surface area contributed by atoms with Crippen molar-refractivity contribution in [2.24, 2.45) is 11.7 Å². The normalized spacial score (nSPS) is 18.9. The standard InChI is InChI=1S/C14H28N2O2/c1-4-18-12(11-7-5-6-8-11)9-10-16-13(17)14(2,3)15/h11-12H,4-10,15H2,1-3H3,(H,16,17). The van der Waals surface area contributed by atoms with Crippen molar-refractivity contribution in [1.29, 1.82) is 0 Å². The third-order valence-corrected chi connectivity index (χ3v) is 3.61. The maximum atomic E-state index is 11.6. The quantitative estimate of drug-likeness (QED) is 0.730. The molecule has 1 aliphatic carbocycles. The Morgan fingerprint density at radius 1 is 1.44 bits per heavy atom. The number of nitrogens with two attached hydrogens (primary N) is 1. The van der Waals surface area contributed by atoms with Crippen LogP contribution in [0.4, 0.5) is 0 Å². The van der Waals surface area contributed by atoms with Gasteiger partial charge in [-0.2, -0.15) is 0 Å². The van der Waals surface area contributed by atoms with E-state index in [9.17, 15) is 4.79 Å². The van der Waals surface area contributed by atoms with Gasteiger partial charge >= 0.3 is 0 Å². The molecule has 0 spiro atoms. The predicted molar refractivity (Wildman–Crippen MR) is 73.3 cm³/mol. The second kappa shape index (κ2) is 7.10. The average Bonchev–Trinajstić information content (AvgIpc) is 2.79. The number of amides is 1. The number of hydrogen-bond acceptors (Lipinski definition) is 3. The first kappa shape index (κ1) is 15.4. The third kappa shape index (κ3) is 4.94. The predicted octanol–water partition coefficient (Wildman–Crippen LogP) is 1.83. The second-order valence-electron chi connectivity index (χ2n) is 5.80. The Morgan fingerprint density at radius 2 is 2.06 bits per heavy atom. The van der Waals surface area contributed by atoms with Gasteiger partial charge in [-0.3, -0.25) is 4.79 Å². The summed E-state index contributed by atoms with van der Waals surface area (Å²) in [6, 6.07) is 0. The van der Waals surface area contributed by atoms with Crippen LogP contribution >= 0.6 is 0 Å². The number of ether oxygens (including phenoxy) is 1. The van der Waals surface area contributed by atoms with Crippen molar-refractivity contribution >= 4 is 5.91 Å². The van der Waals surface area contributed by atoms with Gasteiger partial charge in [0.2, 0.25) is 5.91 Å². The van der Waals surface area contributed by atoms with Gasteiger partial charge in [0.15, 0.2) is 0 Å². The zero-order chi connectivity index (χ0) is 13.6. The van der Waals surface area contributed by atoms with Gasteiger partial charge in [0.25, 0.3) is 0 Å². The van der Waals surface area contributed by atoms with Gasteiger partial charge in [0.05, 0.1) is 11.6 Å². The molecule has 0 bridgehead atoms. The molecule has 0 aromatic rings. The summed E-state index contributed by atoms with van der Waals surface area (Å²) in [7, 11) is 0. The minimum absolute atomic E-state index is 0.0934. The summed E-state index contributed by atoms with van der Waals surface area (Å²) in [6.45, 7) is 6.88. The molecule has 1 aliphatic rings. The van der Waals surface area contributed by atoms with E-state index < -0.39 is 5.54 Å². The highest BCUT2D eigenvalue weighted by Crippen LogP contribution is 2.30. The van der Waals surface area contributed by atoms with Crippen LogP contribution in [-0.4, -0.2) is 30.7 Å². The number of hydrogen-bond donors (Lipinski definition) is 2. The maximum Gasteiger partial charge on any atom is 0.239 e. The van der Waals surface area contributed by atoms with Crippen molar-refractivity contribution in [1.82, 2.24) is 5.32 Å². The molecule has 1 fully saturated rings. The Kier molecular flexibility index (Phi) is 6.09. The minimum Gasteiger partial charge on any atom is -0.378 e. The van der Waals surface area contributed by atoms with Crippen LogP contribution in [0.15, 0.2) is 0 Å². The lowest BCUT2D eigenvalue weighted by Crippen LogP contribution is -2.49. The van der Waals surface area contributed by atoms with Crippen LogP contribution < -0.4 is 11.1 Å². The second-order valence-corrected chi connectivity index (χ2v) is 5.80. The topological polar surface area (TPSA) is 64.3 Å². The van der Waals surface area contributed by atoms with Crippen LogP contribution in [0.2, 0.25) is 0 Å². The molecule has 1 amide bonds. The summed E-state index contributed by atoms with van der Waals surface area (Å²) in [6.07, 6.45) is 6.34. The van der Waals surface area contributed by atoms with Gasteiger partial charge in [0, 0.05) is 13.2 Å². The van der Waals surface area contributed by atoms with Crippen LogP contribution in [0.1, 0.15) is 52.9 Å². The van der Waals surface area contributed by atoms with Gasteiger partial charge in [-0.25, -0.2) is 0 Å². The first-order valence-electron chi connectivity index (χ1n) is 7.14. The van der Waals surface area contributed by atoms with Gasteiger partial charge in [-0.1, -0.05) is 12.8 Å². The van der Waals surface area contributed by atoms with Crippen LogP contribution in [-0.2, 0) is 9.53 Å². The molecule has 18 heavy (non-hydrogen) atoms. The summed E-state index contributed by atoms with van der Waals surface area (Å²) >= 11 is 0. The van der Waals surface area contributed by atoms with Crippen molar-refractivity contribution in [3.8, 4) is 0 Å². The Bertz CT molecular complexity index is 255. The van der Waals surface area contributed by atoms with E-state index in [0.29, 0.717) is 18.6 Å². The summed E-state index contributed by atoms with van der Waals surface area (Å²) in [4.78, 5) is 11.6. The van der Waals surface area contributed by atoms with Crippen molar-refractivity contribution < 1.29 is 9.53 Å². The average molecular weight is 256 g/mol. The lowest BCUT2D eigenvalue weighted by Gasteiger charge is -2.24. The summed E-state index contributed by atoms with van der Waals surface area (Å²) in [5.41, 5.74) is 4.94. The SMILES string of the molecule is CCOC(CCNC(=O)C(C)(C)N)C1CCCC1. The molecule has 3 N–H and O–H groups in total. The highest BCUT2D eigenvalue weighted by Gasteiger charge is 2.26. The van der Waals surface area contributed by atoms with Gasteiger partial charge in [-0.05, 0) is 46.0 Å². The van der Waals surface area contributed by atoms with Crippen LogP contribution in [0, 0.1) is 5.92 Å². The largest absolute Gasteiger partial charge is 0.378 e. The molecule has 1 rings (SSSR count). The Labute approximate surface area is 111 Å². The molecule has 0 radical (unpaired) electrons. The van der Waals surface area contributed by atoms with E-state index in [0.717, 1.165) is 13.0 Å². The van der Waals surface area contributed by atoms with Gasteiger partial charge < -0.3 is 15.8 Å². The van der Waals surface area contributed by atoms with Crippen LogP contribution in [0.5, 0.6) is 0 Å². The summed E-state index contributed by atoms with van der Waals surface area (Å²) in [5.74, 6) is 0.580. The summed E-state index contributed by atoms with van der Waals surface area (Å²) < 4.78 is 5.81. The fraction of sp³-hybridized carbons (Fsp3) is 0.929. The maximum absolute atomic E-state index is 11.6. The number of carbonyl (C=O) groups excluding carboxylic acids is 1. The Morgan fingerprint density at radius 3 is 2.56 bits per heavy atom. The monoisotopic (exact) mass is 256 g/mol. The zero-order valence-electron chi connectivity index (χ0n) is 12.0. The Balaban J connectivity index is 2.31. The lowest BCUT2D eigenvalue weighted by atomic mass is 9.97. The molecule has 0 heterocycles. The molecule has 4 heteroatoms. The van der Waals surface area contributed by atoms with Gasteiger partial charge in [0.1, 0.15) is 0 Å².